The summed E-state index contributed by atoms with van der Waals surface area (Å²) in [6, 6.07) is 12.9. The van der Waals surface area contributed by atoms with Gasteiger partial charge < -0.3 is 15.0 Å². The van der Waals surface area contributed by atoms with Crippen molar-refractivity contribution in [2.45, 2.75) is 0 Å². The molecule has 0 spiro atoms. The second-order valence-corrected chi connectivity index (χ2v) is 4.79. The minimum atomic E-state index is -0.127. The third kappa shape index (κ3) is 3.20. The van der Waals surface area contributed by atoms with Gasteiger partial charge in [0, 0.05) is 24.8 Å². The molecule has 5 nitrogen and oxygen atoms in total. The van der Waals surface area contributed by atoms with E-state index in [2.05, 4.69) is 15.2 Å². The number of anilines is 2. The predicted molar refractivity (Wildman–Crippen MR) is 81.7 cm³/mol. The highest BCUT2D eigenvalue weighted by Crippen LogP contribution is 2.24. The zero-order valence-corrected chi connectivity index (χ0v) is 11.7. The molecule has 0 bridgehead atoms. The maximum Gasteiger partial charge on any atom is 0.255 e. The lowest BCUT2D eigenvalue weighted by Crippen LogP contribution is -2.37. The number of carbonyl (C=O) groups is 1. The van der Waals surface area contributed by atoms with Gasteiger partial charge in [-0.1, -0.05) is 18.2 Å². The molecule has 1 aromatic heterocycles. The van der Waals surface area contributed by atoms with Crippen LogP contribution in [0.5, 0.6) is 0 Å². The van der Waals surface area contributed by atoms with Gasteiger partial charge in [0.05, 0.1) is 18.9 Å². The van der Waals surface area contributed by atoms with Crippen molar-refractivity contribution in [3.8, 4) is 0 Å². The summed E-state index contributed by atoms with van der Waals surface area (Å²) in [5.41, 5.74) is 1.36. The molecular formula is C16H17N3O2. The summed E-state index contributed by atoms with van der Waals surface area (Å²) in [6.07, 6.45) is 1.74. The van der Waals surface area contributed by atoms with Crippen molar-refractivity contribution < 1.29 is 9.53 Å². The van der Waals surface area contributed by atoms with Crippen molar-refractivity contribution in [3.05, 3.63) is 54.2 Å². The molecule has 0 radical (unpaired) electrons. The van der Waals surface area contributed by atoms with E-state index in [-0.39, 0.29) is 5.91 Å². The Labute approximate surface area is 123 Å². The van der Waals surface area contributed by atoms with Crippen LogP contribution in [0.4, 0.5) is 11.5 Å². The number of carbonyl (C=O) groups excluding carboxylic acids is 1. The van der Waals surface area contributed by atoms with Crippen molar-refractivity contribution in [2.75, 3.05) is 36.5 Å². The number of rotatable bonds is 3. The Morgan fingerprint density at radius 2 is 1.86 bits per heavy atom. The van der Waals surface area contributed by atoms with Gasteiger partial charge in [0.2, 0.25) is 0 Å². The SMILES string of the molecule is O=C(Nc1cccnc1N1CCOCC1)c1ccccc1. The first-order chi connectivity index (χ1) is 10.3. The number of ether oxygens (including phenoxy) is 1. The number of hydrogen-bond donors (Lipinski definition) is 1. The molecule has 21 heavy (non-hydrogen) atoms. The summed E-state index contributed by atoms with van der Waals surface area (Å²) in [6.45, 7) is 2.93. The Hall–Kier alpha value is -2.40. The van der Waals surface area contributed by atoms with E-state index < -0.39 is 0 Å². The van der Waals surface area contributed by atoms with Crippen LogP contribution in [-0.4, -0.2) is 37.2 Å². The largest absolute Gasteiger partial charge is 0.378 e. The molecule has 0 atom stereocenters. The molecule has 1 N–H and O–H groups in total. The summed E-state index contributed by atoms with van der Waals surface area (Å²) in [5, 5.41) is 2.94. The van der Waals surface area contributed by atoms with E-state index in [4.69, 9.17) is 4.74 Å². The van der Waals surface area contributed by atoms with E-state index in [0.717, 1.165) is 24.6 Å². The minimum absolute atomic E-state index is 0.127. The van der Waals surface area contributed by atoms with Gasteiger partial charge in [0.25, 0.3) is 5.91 Å². The Morgan fingerprint density at radius 3 is 2.62 bits per heavy atom. The van der Waals surface area contributed by atoms with Crippen LogP contribution in [0.15, 0.2) is 48.7 Å². The van der Waals surface area contributed by atoms with Crippen LogP contribution in [0.2, 0.25) is 0 Å². The second-order valence-electron chi connectivity index (χ2n) is 4.79. The first-order valence-corrected chi connectivity index (χ1v) is 6.99. The van der Waals surface area contributed by atoms with Crippen molar-refractivity contribution in [1.82, 2.24) is 4.98 Å². The summed E-state index contributed by atoms with van der Waals surface area (Å²) in [7, 11) is 0. The molecular weight excluding hydrogens is 266 g/mol. The number of amides is 1. The van der Waals surface area contributed by atoms with E-state index in [0.29, 0.717) is 18.8 Å². The van der Waals surface area contributed by atoms with Crippen LogP contribution in [0.1, 0.15) is 10.4 Å². The molecule has 1 amide bonds. The molecule has 1 aromatic carbocycles. The highest BCUT2D eigenvalue weighted by Gasteiger charge is 2.17. The lowest BCUT2D eigenvalue weighted by Gasteiger charge is -2.29. The van der Waals surface area contributed by atoms with Crippen molar-refractivity contribution in [3.63, 3.8) is 0 Å². The van der Waals surface area contributed by atoms with Crippen molar-refractivity contribution >= 4 is 17.4 Å². The Balaban J connectivity index is 1.80. The maximum absolute atomic E-state index is 12.3. The summed E-state index contributed by atoms with van der Waals surface area (Å²) >= 11 is 0. The molecule has 0 aliphatic carbocycles. The Morgan fingerprint density at radius 1 is 1.10 bits per heavy atom. The number of pyridine rings is 1. The summed E-state index contributed by atoms with van der Waals surface area (Å²) < 4.78 is 5.35. The van der Waals surface area contributed by atoms with E-state index >= 15 is 0 Å². The fraction of sp³-hybridized carbons (Fsp3) is 0.250. The van der Waals surface area contributed by atoms with Crippen LogP contribution >= 0.6 is 0 Å². The van der Waals surface area contributed by atoms with Crippen molar-refractivity contribution in [2.24, 2.45) is 0 Å². The third-order valence-corrected chi connectivity index (χ3v) is 3.38. The van der Waals surface area contributed by atoms with E-state index in [1.54, 1.807) is 18.3 Å². The molecule has 0 saturated carbocycles. The molecule has 1 aliphatic rings. The smallest absolute Gasteiger partial charge is 0.255 e. The van der Waals surface area contributed by atoms with Gasteiger partial charge in [-0.2, -0.15) is 0 Å². The Kier molecular flexibility index (Phi) is 4.12. The highest BCUT2D eigenvalue weighted by molar-refractivity contribution is 6.05. The molecule has 2 aromatic rings. The molecule has 3 rings (SSSR count). The predicted octanol–water partition coefficient (Wildman–Crippen LogP) is 2.17. The lowest BCUT2D eigenvalue weighted by molar-refractivity contribution is 0.102. The molecule has 5 heteroatoms. The molecule has 1 aliphatic heterocycles. The van der Waals surface area contributed by atoms with Gasteiger partial charge >= 0.3 is 0 Å². The summed E-state index contributed by atoms with van der Waals surface area (Å²) in [5.74, 6) is 0.670. The van der Waals surface area contributed by atoms with Crippen LogP contribution in [-0.2, 0) is 4.74 Å². The quantitative estimate of drug-likeness (QED) is 0.938. The average Bonchev–Trinajstić information content (AvgIpc) is 2.57. The molecule has 2 heterocycles. The fourth-order valence-corrected chi connectivity index (χ4v) is 2.31. The zero-order valence-electron chi connectivity index (χ0n) is 11.7. The first-order valence-electron chi connectivity index (χ1n) is 6.99. The van der Waals surface area contributed by atoms with Gasteiger partial charge in [-0.05, 0) is 24.3 Å². The van der Waals surface area contributed by atoms with Gasteiger partial charge in [-0.3, -0.25) is 4.79 Å². The minimum Gasteiger partial charge on any atom is -0.378 e. The van der Waals surface area contributed by atoms with Gasteiger partial charge in [0.15, 0.2) is 5.82 Å². The fourth-order valence-electron chi connectivity index (χ4n) is 2.31. The number of hydrogen-bond acceptors (Lipinski definition) is 4. The number of morpholine rings is 1. The van der Waals surface area contributed by atoms with Crippen molar-refractivity contribution in [1.29, 1.82) is 0 Å². The van der Waals surface area contributed by atoms with Crippen LogP contribution in [0.3, 0.4) is 0 Å². The van der Waals surface area contributed by atoms with Gasteiger partial charge in [0.1, 0.15) is 0 Å². The molecule has 1 fully saturated rings. The number of aromatic nitrogens is 1. The zero-order chi connectivity index (χ0) is 14.5. The van der Waals surface area contributed by atoms with E-state index in [1.807, 2.05) is 30.3 Å². The average molecular weight is 283 g/mol. The number of nitrogens with one attached hydrogen (secondary N) is 1. The van der Waals surface area contributed by atoms with Crippen LogP contribution in [0.25, 0.3) is 0 Å². The highest BCUT2D eigenvalue weighted by atomic mass is 16.5. The molecule has 1 saturated heterocycles. The standard InChI is InChI=1S/C16H17N3O2/c20-16(13-5-2-1-3-6-13)18-14-7-4-8-17-15(14)19-9-11-21-12-10-19/h1-8H,9-12H2,(H,18,20). The summed E-state index contributed by atoms with van der Waals surface area (Å²) in [4.78, 5) is 18.8. The number of benzene rings is 1. The third-order valence-electron chi connectivity index (χ3n) is 3.38. The van der Waals surface area contributed by atoms with Gasteiger partial charge in [-0.25, -0.2) is 4.98 Å². The monoisotopic (exact) mass is 283 g/mol. The van der Waals surface area contributed by atoms with Gasteiger partial charge in [-0.15, -0.1) is 0 Å². The molecule has 0 unspecified atom stereocenters. The normalized spacial score (nSPS) is 14.8. The molecule has 108 valence electrons. The number of nitrogens with zero attached hydrogens (tertiary/aromatic N) is 2. The Bertz CT molecular complexity index is 610. The van der Waals surface area contributed by atoms with E-state index in [9.17, 15) is 4.79 Å². The van der Waals surface area contributed by atoms with E-state index in [1.165, 1.54) is 0 Å². The second kappa shape index (κ2) is 6.37. The topological polar surface area (TPSA) is 54.5 Å². The lowest BCUT2D eigenvalue weighted by atomic mass is 10.2. The maximum atomic E-state index is 12.3. The van der Waals surface area contributed by atoms with Crippen LogP contribution in [0, 0.1) is 0 Å². The van der Waals surface area contributed by atoms with Crippen LogP contribution < -0.4 is 10.2 Å². The first kappa shape index (κ1) is 13.6.